The first kappa shape index (κ1) is 15.3. The van der Waals surface area contributed by atoms with Crippen LogP contribution in [-0.4, -0.2) is 46.9 Å². The molecule has 0 aromatic rings. The highest BCUT2D eigenvalue weighted by Crippen LogP contribution is 2.19. The molecule has 1 aliphatic carbocycles. The monoisotopic (exact) mass is 281 g/mol. The van der Waals surface area contributed by atoms with Gasteiger partial charge in [0, 0.05) is 31.5 Å². The number of nitrogens with zero attached hydrogens (tertiary/aromatic N) is 2. The minimum absolute atomic E-state index is 0.0976. The molecule has 1 heterocycles. The van der Waals surface area contributed by atoms with Crippen molar-refractivity contribution in [1.29, 1.82) is 0 Å². The molecule has 2 unspecified atom stereocenters. The molecule has 0 spiro atoms. The third kappa shape index (κ3) is 3.72. The summed E-state index contributed by atoms with van der Waals surface area (Å²) >= 11 is 0. The molecule has 1 amide bonds. The van der Waals surface area contributed by atoms with Crippen LogP contribution in [0.15, 0.2) is 5.16 Å². The molecule has 114 valence electrons. The summed E-state index contributed by atoms with van der Waals surface area (Å²) in [7, 11) is 0. The Labute approximate surface area is 121 Å². The zero-order valence-corrected chi connectivity index (χ0v) is 12.6. The fraction of sp³-hybridized carbons (Fsp3) is 0.867. The lowest BCUT2D eigenvalue weighted by atomic mass is 9.94. The summed E-state index contributed by atoms with van der Waals surface area (Å²) in [6, 6.07) is 0.273. The summed E-state index contributed by atoms with van der Waals surface area (Å²) in [6.07, 6.45) is 6.76. The summed E-state index contributed by atoms with van der Waals surface area (Å²) in [4.78, 5) is 14.5. The van der Waals surface area contributed by atoms with Gasteiger partial charge in [-0.1, -0.05) is 31.3 Å². The predicted octanol–water partition coefficient (Wildman–Crippen LogP) is 2.00. The first-order valence-electron chi connectivity index (χ1n) is 7.87. The Morgan fingerprint density at radius 3 is 2.70 bits per heavy atom. The number of carbonyl (C=O) groups is 1. The van der Waals surface area contributed by atoms with Gasteiger partial charge in [-0.2, -0.15) is 0 Å². The summed E-state index contributed by atoms with van der Waals surface area (Å²) < 4.78 is 0. The van der Waals surface area contributed by atoms with Gasteiger partial charge in [0.05, 0.1) is 11.8 Å². The van der Waals surface area contributed by atoms with Gasteiger partial charge in [-0.25, -0.2) is 0 Å². The third-order valence-corrected chi connectivity index (χ3v) is 4.74. The van der Waals surface area contributed by atoms with E-state index in [1.807, 2.05) is 13.8 Å². The summed E-state index contributed by atoms with van der Waals surface area (Å²) in [5.74, 6) is 0.368. The lowest BCUT2D eigenvalue weighted by molar-refractivity contribution is -0.127. The normalized spacial score (nSPS) is 29.3. The number of rotatable bonds is 3. The number of piperidine rings is 1. The third-order valence-electron chi connectivity index (χ3n) is 4.74. The van der Waals surface area contributed by atoms with Crippen LogP contribution in [-0.2, 0) is 4.79 Å². The lowest BCUT2D eigenvalue weighted by Gasteiger charge is -2.36. The Morgan fingerprint density at radius 2 is 2.10 bits per heavy atom. The molecule has 2 rings (SSSR count). The fourth-order valence-corrected chi connectivity index (χ4v) is 3.29. The largest absolute Gasteiger partial charge is 0.411 e. The Morgan fingerprint density at radius 1 is 1.40 bits per heavy atom. The number of carbonyl (C=O) groups excluding carboxylic acids is 1. The molecular weight excluding hydrogens is 254 g/mol. The average Bonchev–Trinajstić information content (AvgIpc) is 2.47. The molecule has 0 bridgehead atoms. The van der Waals surface area contributed by atoms with Crippen LogP contribution in [0.25, 0.3) is 0 Å². The van der Waals surface area contributed by atoms with E-state index in [2.05, 4.69) is 15.4 Å². The van der Waals surface area contributed by atoms with E-state index in [0.717, 1.165) is 38.1 Å². The minimum atomic E-state index is -0.0976. The first-order valence-corrected chi connectivity index (χ1v) is 7.87. The zero-order valence-electron chi connectivity index (χ0n) is 12.6. The number of amides is 1. The van der Waals surface area contributed by atoms with Crippen LogP contribution in [0.3, 0.4) is 0 Å². The number of nitrogens with one attached hydrogen (secondary N) is 1. The van der Waals surface area contributed by atoms with Crippen molar-refractivity contribution in [3.05, 3.63) is 0 Å². The number of hydrogen-bond donors (Lipinski definition) is 2. The molecule has 0 aromatic carbocycles. The molecular formula is C15H27N3O2. The van der Waals surface area contributed by atoms with Crippen molar-refractivity contribution in [2.45, 2.75) is 64.5 Å². The number of hydrogen-bond acceptors (Lipinski definition) is 4. The van der Waals surface area contributed by atoms with E-state index in [1.165, 1.54) is 19.3 Å². The molecule has 1 saturated carbocycles. The molecule has 2 atom stereocenters. The fourth-order valence-electron chi connectivity index (χ4n) is 3.29. The van der Waals surface area contributed by atoms with Gasteiger partial charge >= 0.3 is 0 Å². The summed E-state index contributed by atoms with van der Waals surface area (Å²) in [5.41, 5.74) is 0.848. The maximum atomic E-state index is 12.3. The smallest absolute Gasteiger partial charge is 0.237 e. The minimum Gasteiger partial charge on any atom is -0.411 e. The topological polar surface area (TPSA) is 64.9 Å². The highest BCUT2D eigenvalue weighted by atomic mass is 16.4. The van der Waals surface area contributed by atoms with Gasteiger partial charge in [0.1, 0.15) is 0 Å². The van der Waals surface area contributed by atoms with E-state index in [4.69, 9.17) is 5.21 Å². The Kier molecular flexibility index (Phi) is 5.40. The maximum Gasteiger partial charge on any atom is 0.237 e. The van der Waals surface area contributed by atoms with E-state index in [1.54, 1.807) is 0 Å². The van der Waals surface area contributed by atoms with Crippen molar-refractivity contribution >= 4 is 11.6 Å². The summed E-state index contributed by atoms with van der Waals surface area (Å²) in [6.45, 7) is 5.61. The van der Waals surface area contributed by atoms with Crippen molar-refractivity contribution in [3.8, 4) is 0 Å². The quantitative estimate of drug-likeness (QED) is 0.614. The molecule has 1 aliphatic heterocycles. The average molecular weight is 281 g/mol. The Hall–Kier alpha value is -1.10. The molecule has 5 heteroatoms. The van der Waals surface area contributed by atoms with Crippen LogP contribution >= 0.6 is 0 Å². The van der Waals surface area contributed by atoms with Crippen LogP contribution in [0.1, 0.15) is 52.4 Å². The molecule has 1 saturated heterocycles. The molecule has 5 nitrogen and oxygen atoms in total. The molecule has 0 aromatic heterocycles. The molecule has 0 radical (unpaired) electrons. The van der Waals surface area contributed by atoms with Gasteiger partial charge in [-0.05, 0) is 19.8 Å². The Bertz CT molecular complexity index is 364. The molecule has 20 heavy (non-hydrogen) atoms. The van der Waals surface area contributed by atoms with Gasteiger partial charge in [0.25, 0.3) is 0 Å². The second-order valence-electron chi connectivity index (χ2n) is 6.26. The SMILES string of the molecule is CC1CN(C(C)C(=O)NC2CCCCC2)CCC1=NO. The van der Waals surface area contributed by atoms with Gasteiger partial charge in [0.2, 0.25) is 5.91 Å². The van der Waals surface area contributed by atoms with Gasteiger partial charge in [0.15, 0.2) is 0 Å². The van der Waals surface area contributed by atoms with E-state index >= 15 is 0 Å². The second kappa shape index (κ2) is 7.07. The molecule has 2 aliphatic rings. The number of oxime groups is 1. The second-order valence-corrected chi connectivity index (χ2v) is 6.26. The van der Waals surface area contributed by atoms with Crippen LogP contribution in [0, 0.1) is 5.92 Å². The van der Waals surface area contributed by atoms with Crippen molar-refractivity contribution in [2.24, 2.45) is 11.1 Å². The van der Waals surface area contributed by atoms with Crippen LogP contribution in [0.5, 0.6) is 0 Å². The van der Waals surface area contributed by atoms with E-state index in [9.17, 15) is 4.79 Å². The first-order chi connectivity index (χ1) is 9.61. The van der Waals surface area contributed by atoms with E-state index in [0.29, 0.717) is 6.04 Å². The van der Waals surface area contributed by atoms with E-state index < -0.39 is 0 Å². The number of likely N-dealkylation sites (tertiary alicyclic amines) is 1. The Balaban J connectivity index is 1.84. The highest BCUT2D eigenvalue weighted by Gasteiger charge is 2.30. The van der Waals surface area contributed by atoms with Crippen LogP contribution in [0.2, 0.25) is 0 Å². The van der Waals surface area contributed by atoms with Crippen molar-refractivity contribution < 1.29 is 10.0 Å². The van der Waals surface area contributed by atoms with Gasteiger partial charge < -0.3 is 10.5 Å². The predicted molar refractivity (Wildman–Crippen MR) is 79.1 cm³/mol. The maximum absolute atomic E-state index is 12.3. The highest BCUT2D eigenvalue weighted by molar-refractivity contribution is 5.87. The van der Waals surface area contributed by atoms with Gasteiger partial charge in [-0.15, -0.1) is 0 Å². The van der Waals surface area contributed by atoms with Crippen LogP contribution < -0.4 is 5.32 Å². The lowest BCUT2D eigenvalue weighted by Crippen LogP contribution is -2.52. The van der Waals surface area contributed by atoms with Crippen LogP contribution in [0.4, 0.5) is 0 Å². The molecule has 2 fully saturated rings. The van der Waals surface area contributed by atoms with Crippen molar-refractivity contribution in [1.82, 2.24) is 10.2 Å². The van der Waals surface area contributed by atoms with Gasteiger partial charge in [-0.3, -0.25) is 9.69 Å². The standard InChI is InChI=1S/C15H27N3O2/c1-11-10-18(9-8-14(11)17-20)12(2)15(19)16-13-6-4-3-5-7-13/h11-13,20H,3-10H2,1-2H3,(H,16,19). The van der Waals surface area contributed by atoms with Crippen molar-refractivity contribution in [2.75, 3.05) is 13.1 Å². The molecule has 2 N–H and O–H groups in total. The summed E-state index contributed by atoms with van der Waals surface area (Å²) in [5, 5.41) is 15.4. The zero-order chi connectivity index (χ0) is 14.5. The van der Waals surface area contributed by atoms with Crippen molar-refractivity contribution in [3.63, 3.8) is 0 Å². The van der Waals surface area contributed by atoms with E-state index in [-0.39, 0.29) is 17.9 Å².